The molecule has 0 heterocycles. The lowest BCUT2D eigenvalue weighted by molar-refractivity contribution is 0.0480. The second kappa shape index (κ2) is 8.97. The molecule has 1 fully saturated rings. The summed E-state index contributed by atoms with van der Waals surface area (Å²) in [6.07, 6.45) is 6.91. The van der Waals surface area contributed by atoms with Crippen LogP contribution in [0.5, 0.6) is 0 Å². The van der Waals surface area contributed by atoms with Crippen molar-refractivity contribution in [3.8, 4) is 0 Å². The van der Waals surface area contributed by atoms with Crippen LogP contribution >= 0.6 is 0 Å². The van der Waals surface area contributed by atoms with Gasteiger partial charge >= 0.3 is 0 Å². The predicted molar refractivity (Wildman–Crippen MR) is 66.7 cm³/mol. The van der Waals surface area contributed by atoms with Gasteiger partial charge in [-0.15, -0.1) is 0 Å². The van der Waals surface area contributed by atoms with Crippen molar-refractivity contribution in [2.75, 3.05) is 33.5 Å². The second-order valence-electron chi connectivity index (χ2n) is 4.75. The van der Waals surface area contributed by atoms with Crippen molar-refractivity contribution in [3.63, 3.8) is 0 Å². The summed E-state index contributed by atoms with van der Waals surface area (Å²) in [6.45, 7) is 5.53. The Morgan fingerprint density at radius 1 is 1.19 bits per heavy atom. The van der Waals surface area contributed by atoms with Gasteiger partial charge in [0.15, 0.2) is 0 Å². The first-order valence-corrected chi connectivity index (χ1v) is 6.66. The van der Waals surface area contributed by atoms with Gasteiger partial charge in [-0.3, -0.25) is 0 Å². The van der Waals surface area contributed by atoms with Crippen LogP contribution in [0.4, 0.5) is 0 Å². The Morgan fingerprint density at radius 3 is 2.56 bits per heavy atom. The lowest BCUT2D eigenvalue weighted by Crippen LogP contribution is -2.37. The molecule has 0 aromatic heterocycles. The fourth-order valence-corrected chi connectivity index (χ4v) is 2.39. The maximum atomic E-state index is 5.80. The summed E-state index contributed by atoms with van der Waals surface area (Å²) in [5, 5.41) is 3.37. The zero-order valence-electron chi connectivity index (χ0n) is 10.8. The van der Waals surface area contributed by atoms with Gasteiger partial charge in [0.2, 0.25) is 0 Å². The van der Waals surface area contributed by atoms with E-state index < -0.39 is 0 Å². The summed E-state index contributed by atoms with van der Waals surface area (Å²) in [5.41, 5.74) is 0. The average Bonchev–Trinajstić information content (AvgIpc) is 2.31. The monoisotopic (exact) mass is 229 g/mol. The number of likely N-dealkylation sites (N-methyl/N-ethyl adjacent to an activating group) is 1. The standard InChI is InChI=1S/C13H27NO2/c1-3-14-13(10-15-2)11-16-9-12-7-5-4-6-8-12/h12-14H,3-11H2,1-2H3. The largest absolute Gasteiger partial charge is 0.383 e. The minimum atomic E-state index is 0.346. The molecule has 1 N–H and O–H groups in total. The van der Waals surface area contributed by atoms with Gasteiger partial charge in [-0.25, -0.2) is 0 Å². The molecular formula is C13H27NO2. The summed E-state index contributed by atoms with van der Waals surface area (Å²) in [6, 6.07) is 0.346. The number of nitrogens with one attached hydrogen (secondary N) is 1. The van der Waals surface area contributed by atoms with Crippen LogP contribution < -0.4 is 5.32 Å². The number of rotatable bonds is 8. The van der Waals surface area contributed by atoms with Gasteiger partial charge in [0.05, 0.1) is 19.3 Å². The van der Waals surface area contributed by atoms with Crippen molar-refractivity contribution in [2.45, 2.75) is 45.1 Å². The number of methoxy groups -OCH3 is 1. The van der Waals surface area contributed by atoms with E-state index in [0.717, 1.165) is 32.3 Å². The van der Waals surface area contributed by atoms with Gasteiger partial charge < -0.3 is 14.8 Å². The SMILES string of the molecule is CCNC(COC)COCC1CCCCC1. The summed E-state index contributed by atoms with van der Waals surface area (Å²) in [5.74, 6) is 0.804. The van der Waals surface area contributed by atoms with Crippen molar-refractivity contribution in [3.05, 3.63) is 0 Å². The van der Waals surface area contributed by atoms with Crippen LogP contribution in [-0.2, 0) is 9.47 Å². The molecule has 16 heavy (non-hydrogen) atoms. The third-order valence-electron chi connectivity index (χ3n) is 3.26. The highest BCUT2D eigenvalue weighted by molar-refractivity contribution is 4.67. The van der Waals surface area contributed by atoms with Crippen LogP contribution in [0, 0.1) is 5.92 Å². The van der Waals surface area contributed by atoms with Gasteiger partial charge in [0, 0.05) is 13.7 Å². The van der Waals surface area contributed by atoms with Crippen molar-refractivity contribution in [1.29, 1.82) is 0 Å². The fourth-order valence-electron chi connectivity index (χ4n) is 2.39. The van der Waals surface area contributed by atoms with Crippen LogP contribution in [0.15, 0.2) is 0 Å². The Morgan fingerprint density at radius 2 is 1.94 bits per heavy atom. The van der Waals surface area contributed by atoms with E-state index in [-0.39, 0.29) is 0 Å². The van der Waals surface area contributed by atoms with E-state index >= 15 is 0 Å². The Kier molecular flexibility index (Phi) is 7.81. The molecule has 0 radical (unpaired) electrons. The maximum absolute atomic E-state index is 5.80. The Balaban J connectivity index is 2.06. The highest BCUT2D eigenvalue weighted by Gasteiger charge is 2.14. The highest BCUT2D eigenvalue weighted by Crippen LogP contribution is 2.23. The van der Waals surface area contributed by atoms with Gasteiger partial charge in [-0.2, -0.15) is 0 Å². The molecule has 0 aromatic rings. The van der Waals surface area contributed by atoms with E-state index in [1.54, 1.807) is 7.11 Å². The molecule has 0 aromatic carbocycles. The van der Waals surface area contributed by atoms with E-state index in [1.165, 1.54) is 32.1 Å². The normalized spacial score (nSPS) is 19.9. The molecule has 0 saturated heterocycles. The molecular weight excluding hydrogens is 202 g/mol. The third kappa shape index (κ3) is 5.83. The summed E-state index contributed by atoms with van der Waals surface area (Å²) < 4.78 is 11.0. The van der Waals surface area contributed by atoms with E-state index in [4.69, 9.17) is 9.47 Å². The topological polar surface area (TPSA) is 30.5 Å². The molecule has 0 bridgehead atoms. The fraction of sp³-hybridized carbons (Fsp3) is 1.00. The molecule has 0 aliphatic heterocycles. The lowest BCUT2D eigenvalue weighted by Gasteiger charge is -2.23. The van der Waals surface area contributed by atoms with Crippen LogP contribution in [0.25, 0.3) is 0 Å². The molecule has 1 atom stereocenters. The summed E-state index contributed by atoms with van der Waals surface area (Å²) in [7, 11) is 1.74. The molecule has 3 heteroatoms. The Bertz CT molecular complexity index is 152. The Labute approximate surface area is 99.9 Å². The number of hydrogen-bond acceptors (Lipinski definition) is 3. The van der Waals surface area contributed by atoms with E-state index in [1.807, 2.05) is 0 Å². The first-order valence-electron chi connectivity index (χ1n) is 6.66. The second-order valence-corrected chi connectivity index (χ2v) is 4.75. The minimum Gasteiger partial charge on any atom is -0.383 e. The van der Waals surface area contributed by atoms with Gasteiger partial charge in [-0.1, -0.05) is 26.2 Å². The van der Waals surface area contributed by atoms with E-state index in [9.17, 15) is 0 Å². The zero-order chi connectivity index (χ0) is 11.6. The van der Waals surface area contributed by atoms with Crippen molar-refractivity contribution >= 4 is 0 Å². The molecule has 0 amide bonds. The van der Waals surface area contributed by atoms with E-state index in [0.29, 0.717) is 6.04 Å². The molecule has 1 aliphatic rings. The molecule has 96 valence electrons. The smallest absolute Gasteiger partial charge is 0.0642 e. The van der Waals surface area contributed by atoms with Gasteiger partial charge in [0.1, 0.15) is 0 Å². The number of ether oxygens (including phenoxy) is 2. The first kappa shape index (κ1) is 13.9. The van der Waals surface area contributed by atoms with Crippen LogP contribution in [0.2, 0.25) is 0 Å². The van der Waals surface area contributed by atoms with Crippen LogP contribution in [-0.4, -0.2) is 39.5 Å². The quantitative estimate of drug-likeness (QED) is 0.692. The highest BCUT2D eigenvalue weighted by atomic mass is 16.5. The van der Waals surface area contributed by atoms with Gasteiger partial charge in [-0.05, 0) is 25.3 Å². The van der Waals surface area contributed by atoms with Crippen LogP contribution in [0.3, 0.4) is 0 Å². The molecule has 0 spiro atoms. The number of hydrogen-bond donors (Lipinski definition) is 1. The molecule has 1 rings (SSSR count). The first-order chi connectivity index (χ1) is 7.86. The van der Waals surface area contributed by atoms with Crippen molar-refractivity contribution in [1.82, 2.24) is 5.32 Å². The van der Waals surface area contributed by atoms with Gasteiger partial charge in [0.25, 0.3) is 0 Å². The maximum Gasteiger partial charge on any atom is 0.0642 e. The van der Waals surface area contributed by atoms with Crippen molar-refractivity contribution in [2.24, 2.45) is 5.92 Å². The van der Waals surface area contributed by atoms with Crippen LogP contribution in [0.1, 0.15) is 39.0 Å². The van der Waals surface area contributed by atoms with E-state index in [2.05, 4.69) is 12.2 Å². The molecule has 1 aliphatic carbocycles. The molecule has 3 nitrogen and oxygen atoms in total. The predicted octanol–water partition coefficient (Wildman–Crippen LogP) is 2.21. The summed E-state index contributed by atoms with van der Waals surface area (Å²) >= 11 is 0. The third-order valence-corrected chi connectivity index (χ3v) is 3.26. The Hall–Kier alpha value is -0.120. The molecule has 1 unspecified atom stereocenters. The zero-order valence-corrected chi connectivity index (χ0v) is 10.8. The minimum absolute atomic E-state index is 0.346. The summed E-state index contributed by atoms with van der Waals surface area (Å²) in [4.78, 5) is 0. The average molecular weight is 229 g/mol. The van der Waals surface area contributed by atoms with Crippen molar-refractivity contribution < 1.29 is 9.47 Å². The molecule has 1 saturated carbocycles. The lowest BCUT2D eigenvalue weighted by atomic mass is 9.90.